The van der Waals surface area contributed by atoms with Crippen LogP contribution in [0.2, 0.25) is 0 Å². The summed E-state index contributed by atoms with van der Waals surface area (Å²) in [6.07, 6.45) is 7.16. The van der Waals surface area contributed by atoms with Crippen LogP contribution in [0.1, 0.15) is 69.6 Å². The van der Waals surface area contributed by atoms with Gasteiger partial charge in [-0.3, -0.25) is 9.69 Å². The van der Waals surface area contributed by atoms with Crippen molar-refractivity contribution >= 4 is 5.91 Å². The van der Waals surface area contributed by atoms with Crippen LogP contribution in [-0.2, 0) is 17.8 Å². The lowest BCUT2D eigenvalue weighted by Crippen LogP contribution is -2.58. The Morgan fingerprint density at radius 2 is 2.17 bits per heavy atom. The summed E-state index contributed by atoms with van der Waals surface area (Å²) in [5, 5.41) is 3.34. The molecule has 0 unspecified atom stereocenters. The maximum atomic E-state index is 12.1. The van der Waals surface area contributed by atoms with E-state index in [1.54, 1.807) is 0 Å². The molecule has 3 heterocycles. The second-order valence-electron chi connectivity index (χ2n) is 7.41. The van der Waals surface area contributed by atoms with Crippen LogP contribution in [-0.4, -0.2) is 38.9 Å². The van der Waals surface area contributed by atoms with E-state index in [1.165, 1.54) is 24.2 Å². The smallest absolute Gasteiger partial charge is 0.220 e. The molecule has 0 spiro atoms. The summed E-state index contributed by atoms with van der Waals surface area (Å²) in [4.78, 5) is 22.8. The van der Waals surface area contributed by atoms with Gasteiger partial charge in [0.1, 0.15) is 5.82 Å². The summed E-state index contributed by atoms with van der Waals surface area (Å²) >= 11 is 0. The summed E-state index contributed by atoms with van der Waals surface area (Å²) in [6.45, 7) is 8.48. The molecule has 0 saturated carbocycles. The quantitative estimate of drug-likeness (QED) is 0.901. The maximum Gasteiger partial charge on any atom is 0.220 e. The van der Waals surface area contributed by atoms with Gasteiger partial charge in [0.25, 0.3) is 0 Å². The van der Waals surface area contributed by atoms with Crippen molar-refractivity contribution in [3.63, 3.8) is 0 Å². The number of carbonyl (C=O) groups excluding carboxylic acids is 1. The van der Waals surface area contributed by atoms with Gasteiger partial charge < -0.3 is 10.3 Å². The molecule has 0 bridgehead atoms. The third kappa shape index (κ3) is 3.44. The van der Waals surface area contributed by atoms with Gasteiger partial charge in [0.15, 0.2) is 0 Å². The van der Waals surface area contributed by atoms with E-state index in [1.807, 2.05) is 0 Å². The zero-order chi connectivity index (χ0) is 16.4. The first-order chi connectivity index (χ1) is 11.0. The minimum absolute atomic E-state index is 0.0954. The van der Waals surface area contributed by atoms with Crippen molar-refractivity contribution in [1.29, 1.82) is 0 Å². The molecule has 2 N–H and O–H groups in total. The fraction of sp³-hybridized carbons (Fsp3) is 0.778. The van der Waals surface area contributed by atoms with Crippen molar-refractivity contribution in [2.75, 3.05) is 6.54 Å². The first kappa shape index (κ1) is 16.5. The van der Waals surface area contributed by atoms with Crippen LogP contribution in [0.15, 0.2) is 0 Å². The van der Waals surface area contributed by atoms with E-state index in [-0.39, 0.29) is 11.4 Å². The zero-order valence-corrected chi connectivity index (χ0v) is 14.7. The number of aromatic amines is 1. The molecule has 1 aromatic rings. The van der Waals surface area contributed by atoms with Crippen LogP contribution < -0.4 is 5.32 Å². The predicted octanol–water partition coefficient (Wildman–Crippen LogP) is 2.69. The first-order valence-corrected chi connectivity index (χ1v) is 9.11. The number of fused-ring (bicyclic) bond motifs is 1. The Balaban J connectivity index is 1.84. The van der Waals surface area contributed by atoms with Crippen molar-refractivity contribution in [1.82, 2.24) is 20.2 Å². The normalized spacial score (nSPS) is 29.5. The molecule has 23 heavy (non-hydrogen) atoms. The Kier molecular flexibility index (Phi) is 4.76. The molecule has 2 fully saturated rings. The highest BCUT2D eigenvalue weighted by molar-refractivity contribution is 5.77. The highest BCUT2D eigenvalue weighted by Crippen LogP contribution is 2.33. The van der Waals surface area contributed by atoms with E-state index in [4.69, 9.17) is 4.98 Å². The number of imidazole rings is 1. The average molecular weight is 318 g/mol. The number of likely N-dealkylation sites (tertiary alicyclic amines) is 1. The van der Waals surface area contributed by atoms with Crippen molar-refractivity contribution in [2.45, 2.75) is 83.8 Å². The van der Waals surface area contributed by atoms with Crippen LogP contribution in [0.25, 0.3) is 0 Å². The van der Waals surface area contributed by atoms with Gasteiger partial charge in [-0.1, -0.05) is 6.92 Å². The number of aryl methyl sites for hydroxylation is 2. The molecule has 5 heteroatoms. The highest BCUT2D eigenvalue weighted by Gasteiger charge is 2.42. The first-order valence-electron chi connectivity index (χ1n) is 9.11. The van der Waals surface area contributed by atoms with Gasteiger partial charge in [-0.15, -0.1) is 0 Å². The third-order valence-electron chi connectivity index (χ3n) is 5.60. The van der Waals surface area contributed by atoms with Gasteiger partial charge in [-0.2, -0.15) is 0 Å². The Labute approximate surface area is 139 Å². The largest absolute Gasteiger partial charge is 0.349 e. The fourth-order valence-electron chi connectivity index (χ4n) is 4.28. The van der Waals surface area contributed by atoms with E-state index in [9.17, 15) is 4.79 Å². The fourth-order valence-corrected chi connectivity index (χ4v) is 4.28. The summed E-state index contributed by atoms with van der Waals surface area (Å²) in [5.41, 5.74) is 2.26. The van der Waals surface area contributed by atoms with Crippen molar-refractivity contribution in [3.8, 4) is 0 Å². The minimum atomic E-state index is -0.0954. The van der Waals surface area contributed by atoms with Gasteiger partial charge in [0.05, 0.1) is 11.2 Å². The summed E-state index contributed by atoms with van der Waals surface area (Å²) in [5.74, 6) is 1.30. The second-order valence-corrected chi connectivity index (χ2v) is 7.41. The molecule has 1 aromatic heterocycles. The Morgan fingerprint density at radius 3 is 2.91 bits per heavy atom. The van der Waals surface area contributed by atoms with Gasteiger partial charge in [-0.05, 0) is 52.5 Å². The monoisotopic (exact) mass is 318 g/mol. The number of nitrogens with zero attached hydrogens (tertiary/aromatic N) is 2. The molecular formula is C18H30N4O. The van der Waals surface area contributed by atoms with E-state index >= 15 is 0 Å². The molecule has 128 valence electrons. The number of hydrogen-bond acceptors (Lipinski definition) is 3. The molecule has 5 nitrogen and oxygen atoms in total. The van der Waals surface area contributed by atoms with E-state index < -0.39 is 0 Å². The third-order valence-corrected chi connectivity index (χ3v) is 5.60. The van der Waals surface area contributed by atoms with Crippen LogP contribution in [0.4, 0.5) is 0 Å². The molecule has 2 saturated heterocycles. The number of carbonyl (C=O) groups is 1. The Bertz CT molecular complexity index is 567. The molecule has 2 aliphatic rings. The Hall–Kier alpha value is -1.36. The lowest BCUT2D eigenvalue weighted by Gasteiger charge is -2.41. The number of nitrogens with one attached hydrogen (secondary N) is 2. The summed E-state index contributed by atoms with van der Waals surface area (Å²) in [6, 6.07) is 0.414. The van der Waals surface area contributed by atoms with Gasteiger partial charge in [0.2, 0.25) is 5.91 Å². The number of H-pyrrole nitrogens is 1. The average Bonchev–Trinajstić information content (AvgIpc) is 2.69. The molecule has 0 aliphatic carbocycles. The Morgan fingerprint density at radius 1 is 1.35 bits per heavy atom. The molecule has 1 amide bonds. The molecule has 2 atom stereocenters. The molecule has 0 radical (unpaired) electrons. The van der Waals surface area contributed by atoms with Crippen LogP contribution in [0.5, 0.6) is 0 Å². The molecule has 0 aromatic carbocycles. The zero-order valence-electron chi connectivity index (χ0n) is 14.7. The lowest BCUT2D eigenvalue weighted by molar-refractivity contribution is -0.122. The second kappa shape index (κ2) is 6.63. The minimum Gasteiger partial charge on any atom is -0.349 e. The molecule has 3 rings (SSSR count). The summed E-state index contributed by atoms with van der Waals surface area (Å²) in [7, 11) is 0. The lowest BCUT2D eigenvalue weighted by atomic mass is 9.85. The van der Waals surface area contributed by atoms with Crippen molar-refractivity contribution in [2.24, 2.45) is 0 Å². The van der Waals surface area contributed by atoms with Crippen LogP contribution >= 0.6 is 0 Å². The molecular weight excluding hydrogens is 288 g/mol. The number of rotatable bonds is 3. The number of aromatic nitrogens is 2. The predicted molar refractivity (Wildman–Crippen MR) is 91.2 cm³/mol. The van der Waals surface area contributed by atoms with Crippen molar-refractivity contribution < 1.29 is 4.79 Å². The molecule has 2 aliphatic heterocycles. The highest BCUT2D eigenvalue weighted by atomic mass is 16.1. The van der Waals surface area contributed by atoms with E-state index in [2.05, 4.69) is 36.0 Å². The van der Waals surface area contributed by atoms with Gasteiger partial charge in [-0.25, -0.2) is 4.98 Å². The van der Waals surface area contributed by atoms with Crippen LogP contribution in [0.3, 0.4) is 0 Å². The van der Waals surface area contributed by atoms with Crippen molar-refractivity contribution in [3.05, 3.63) is 17.2 Å². The van der Waals surface area contributed by atoms with E-state index in [0.717, 1.165) is 44.6 Å². The standard InChI is InChI=1S/C18H30N4O/c1-4-16-19-13(2)14(20-16)12-22-11-6-5-10-18(3)15(22)8-7-9-17(23)21-18/h15H,4-12H2,1-3H3,(H,19,20)(H,21,23)/t15-,18-/m0/s1. The number of hydrogen-bond donors (Lipinski definition) is 2. The van der Waals surface area contributed by atoms with Gasteiger partial charge >= 0.3 is 0 Å². The SMILES string of the molecule is CCc1nc(CN2CCCC[C@]3(C)NC(=O)CCC[C@H]23)c(C)[nH]1. The van der Waals surface area contributed by atoms with E-state index in [0.29, 0.717) is 12.5 Å². The van der Waals surface area contributed by atoms with Gasteiger partial charge in [0, 0.05) is 31.1 Å². The topological polar surface area (TPSA) is 61.0 Å². The van der Waals surface area contributed by atoms with Crippen LogP contribution in [0, 0.1) is 6.92 Å². The summed E-state index contributed by atoms with van der Waals surface area (Å²) < 4.78 is 0. The maximum absolute atomic E-state index is 12.1. The number of amides is 1.